The van der Waals surface area contributed by atoms with Crippen LogP contribution in [0.5, 0.6) is 0 Å². The van der Waals surface area contributed by atoms with Gasteiger partial charge in [-0.2, -0.15) is 10.6 Å². The lowest BCUT2D eigenvalue weighted by molar-refractivity contribution is 0.501. The highest BCUT2D eigenvalue weighted by atomic mass is 32.3. The Morgan fingerprint density at radius 2 is 1.85 bits per heavy atom. The lowest BCUT2D eigenvalue weighted by Gasteiger charge is -2.25. The van der Waals surface area contributed by atoms with Gasteiger partial charge in [-0.3, -0.25) is 9.11 Å². The normalized spacial score (nSPS) is 13.5. The molecule has 3 heteroatoms. The number of benzene rings is 1. The minimum absolute atomic E-state index is 0.371. The fourth-order valence-electron chi connectivity index (χ4n) is 0.848. The van der Waals surface area contributed by atoms with Crippen molar-refractivity contribution in [1.82, 2.24) is 0 Å². The molecule has 2 N–H and O–H groups in total. The predicted octanol–water partition coefficient (Wildman–Crippen LogP) is 3.43. The molecule has 0 heterocycles. The minimum atomic E-state index is -2.50. The molecule has 0 fully saturated rings. The van der Waals surface area contributed by atoms with E-state index in [4.69, 9.17) is 0 Å². The zero-order chi connectivity index (χ0) is 9.73. The van der Waals surface area contributed by atoms with E-state index < -0.39 is 10.6 Å². The standard InChI is InChI=1S/C10H14O2S/c1-2-13(11,12)9-8-10-6-4-3-5-7-10/h3-9,11-12H,2H2,1H3/b9-8+. The van der Waals surface area contributed by atoms with Gasteiger partial charge in [-0.1, -0.05) is 30.3 Å². The lowest BCUT2D eigenvalue weighted by atomic mass is 10.2. The zero-order valence-electron chi connectivity index (χ0n) is 7.55. The predicted molar refractivity (Wildman–Crippen MR) is 58.9 cm³/mol. The van der Waals surface area contributed by atoms with Gasteiger partial charge < -0.3 is 0 Å². The van der Waals surface area contributed by atoms with Crippen LogP contribution in [0.25, 0.3) is 6.08 Å². The van der Waals surface area contributed by atoms with Gasteiger partial charge in [0.15, 0.2) is 0 Å². The number of rotatable bonds is 3. The average molecular weight is 198 g/mol. The Morgan fingerprint density at radius 1 is 1.23 bits per heavy atom. The molecule has 0 unspecified atom stereocenters. The Bertz CT molecular complexity index is 280. The summed E-state index contributed by atoms with van der Waals surface area (Å²) in [5.74, 6) is 0.371. The van der Waals surface area contributed by atoms with Crippen molar-refractivity contribution >= 4 is 16.7 Å². The summed E-state index contributed by atoms with van der Waals surface area (Å²) in [6, 6.07) is 9.59. The quantitative estimate of drug-likeness (QED) is 0.781. The van der Waals surface area contributed by atoms with Crippen LogP contribution in [0.4, 0.5) is 0 Å². The first-order valence-corrected chi connectivity index (χ1v) is 5.91. The summed E-state index contributed by atoms with van der Waals surface area (Å²) in [6.07, 6.45) is 1.73. The van der Waals surface area contributed by atoms with Crippen molar-refractivity contribution in [3.8, 4) is 0 Å². The van der Waals surface area contributed by atoms with E-state index in [-0.39, 0.29) is 0 Å². The highest BCUT2D eigenvalue weighted by Gasteiger charge is 2.01. The van der Waals surface area contributed by atoms with Crippen molar-refractivity contribution in [2.45, 2.75) is 6.92 Å². The topological polar surface area (TPSA) is 40.5 Å². The van der Waals surface area contributed by atoms with Crippen molar-refractivity contribution in [2.75, 3.05) is 5.75 Å². The molecule has 1 rings (SSSR count). The summed E-state index contributed by atoms with van der Waals surface area (Å²) >= 11 is 0. The SMILES string of the molecule is CCS(O)(O)/C=C/c1ccccc1. The van der Waals surface area contributed by atoms with E-state index in [2.05, 4.69) is 0 Å². The van der Waals surface area contributed by atoms with Gasteiger partial charge in [-0.25, -0.2) is 0 Å². The van der Waals surface area contributed by atoms with Crippen molar-refractivity contribution in [2.24, 2.45) is 0 Å². The second-order valence-electron chi connectivity index (χ2n) is 2.72. The van der Waals surface area contributed by atoms with E-state index in [1.165, 1.54) is 5.41 Å². The second-order valence-corrected chi connectivity index (χ2v) is 5.00. The molecular formula is C10H14O2S. The third kappa shape index (κ3) is 3.63. The Labute approximate surface area is 80.3 Å². The molecule has 0 aliphatic carbocycles. The summed E-state index contributed by atoms with van der Waals surface area (Å²) < 4.78 is 18.7. The molecule has 0 saturated carbocycles. The Balaban J connectivity index is 2.69. The fourth-order valence-corrected chi connectivity index (χ4v) is 1.42. The van der Waals surface area contributed by atoms with E-state index in [0.717, 1.165) is 5.56 Å². The molecule has 0 amide bonds. The molecule has 0 radical (unpaired) electrons. The first kappa shape index (κ1) is 10.3. The van der Waals surface area contributed by atoms with Crippen molar-refractivity contribution < 1.29 is 9.11 Å². The van der Waals surface area contributed by atoms with Gasteiger partial charge in [0.05, 0.1) is 0 Å². The molecule has 0 atom stereocenters. The lowest BCUT2D eigenvalue weighted by Crippen LogP contribution is -1.94. The van der Waals surface area contributed by atoms with Crippen LogP contribution in [0.15, 0.2) is 35.7 Å². The van der Waals surface area contributed by atoms with E-state index in [0.29, 0.717) is 5.75 Å². The molecule has 0 saturated heterocycles. The van der Waals surface area contributed by atoms with Crippen LogP contribution in [-0.2, 0) is 0 Å². The van der Waals surface area contributed by atoms with Crippen LogP contribution in [-0.4, -0.2) is 14.9 Å². The van der Waals surface area contributed by atoms with Gasteiger partial charge >= 0.3 is 0 Å². The summed E-state index contributed by atoms with van der Waals surface area (Å²) in [6.45, 7) is 1.75. The van der Waals surface area contributed by atoms with E-state index in [1.807, 2.05) is 30.3 Å². The molecule has 0 spiro atoms. The third-order valence-corrected chi connectivity index (χ3v) is 3.12. The fraction of sp³-hybridized carbons (Fsp3) is 0.200. The van der Waals surface area contributed by atoms with Crippen LogP contribution in [0.3, 0.4) is 0 Å². The summed E-state index contributed by atoms with van der Waals surface area (Å²) in [7, 11) is -2.50. The Hall–Kier alpha value is -0.770. The monoisotopic (exact) mass is 198 g/mol. The molecule has 1 aromatic rings. The second kappa shape index (κ2) is 4.46. The van der Waals surface area contributed by atoms with Crippen molar-refractivity contribution in [3.63, 3.8) is 0 Å². The Morgan fingerprint density at radius 3 is 2.38 bits per heavy atom. The van der Waals surface area contributed by atoms with Crippen LogP contribution in [0.2, 0.25) is 0 Å². The maximum Gasteiger partial charge on any atom is 0.0389 e. The molecular weight excluding hydrogens is 184 g/mol. The molecule has 13 heavy (non-hydrogen) atoms. The summed E-state index contributed by atoms with van der Waals surface area (Å²) in [4.78, 5) is 0. The number of hydrogen-bond donors (Lipinski definition) is 2. The van der Waals surface area contributed by atoms with Gasteiger partial charge in [0.2, 0.25) is 0 Å². The highest BCUT2D eigenvalue weighted by molar-refractivity contribution is 8.26. The van der Waals surface area contributed by atoms with Gasteiger partial charge in [0.25, 0.3) is 0 Å². The van der Waals surface area contributed by atoms with Crippen LogP contribution in [0.1, 0.15) is 12.5 Å². The van der Waals surface area contributed by atoms with E-state index in [1.54, 1.807) is 13.0 Å². The zero-order valence-corrected chi connectivity index (χ0v) is 8.37. The molecule has 0 aromatic heterocycles. The number of hydrogen-bond acceptors (Lipinski definition) is 2. The average Bonchev–Trinajstić information content (AvgIpc) is 2.17. The molecule has 0 aliphatic heterocycles. The first-order chi connectivity index (χ1) is 6.14. The van der Waals surface area contributed by atoms with Gasteiger partial charge in [-0.05, 0) is 18.6 Å². The van der Waals surface area contributed by atoms with Crippen LogP contribution in [0, 0.1) is 0 Å². The molecule has 1 aromatic carbocycles. The van der Waals surface area contributed by atoms with Crippen LogP contribution >= 0.6 is 10.6 Å². The van der Waals surface area contributed by atoms with Gasteiger partial charge in [-0.15, -0.1) is 0 Å². The van der Waals surface area contributed by atoms with Crippen molar-refractivity contribution in [3.05, 3.63) is 41.3 Å². The molecule has 0 aliphatic rings. The maximum atomic E-state index is 9.34. The summed E-state index contributed by atoms with van der Waals surface area (Å²) in [5, 5.41) is 1.47. The third-order valence-electron chi connectivity index (χ3n) is 1.70. The van der Waals surface area contributed by atoms with Crippen LogP contribution < -0.4 is 0 Å². The summed E-state index contributed by atoms with van der Waals surface area (Å²) in [5.41, 5.74) is 0.982. The highest BCUT2D eigenvalue weighted by Crippen LogP contribution is 2.39. The molecule has 72 valence electrons. The molecule has 2 nitrogen and oxygen atoms in total. The first-order valence-electron chi connectivity index (χ1n) is 4.13. The smallest absolute Gasteiger partial charge is 0.0389 e. The van der Waals surface area contributed by atoms with Crippen molar-refractivity contribution in [1.29, 1.82) is 0 Å². The largest absolute Gasteiger partial charge is 0.295 e. The van der Waals surface area contributed by atoms with E-state index >= 15 is 0 Å². The Kier molecular flexibility index (Phi) is 3.54. The van der Waals surface area contributed by atoms with Gasteiger partial charge in [0, 0.05) is 11.2 Å². The maximum absolute atomic E-state index is 9.34. The minimum Gasteiger partial charge on any atom is -0.295 e. The van der Waals surface area contributed by atoms with E-state index in [9.17, 15) is 9.11 Å². The molecule has 0 bridgehead atoms. The van der Waals surface area contributed by atoms with Gasteiger partial charge in [0.1, 0.15) is 0 Å².